The summed E-state index contributed by atoms with van der Waals surface area (Å²) in [4.78, 5) is 23.9. The highest BCUT2D eigenvalue weighted by Gasteiger charge is 2.42. The average molecular weight is 461 g/mol. The molecule has 2 atom stereocenters. The molecule has 2 aromatic rings. The van der Waals surface area contributed by atoms with E-state index in [1.165, 1.54) is 19.2 Å². The highest BCUT2D eigenvalue weighted by Crippen LogP contribution is 2.34. The van der Waals surface area contributed by atoms with E-state index in [-0.39, 0.29) is 24.4 Å². The van der Waals surface area contributed by atoms with Crippen LogP contribution in [0.2, 0.25) is 0 Å². The summed E-state index contributed by atoms with van der Waals surface area (Å²) in [5.74, 6) is -1.17. The zero-order chi connectivity index (χ0) is 24.6. The number of halogens is 3. The van der Waals surface area contributed by atoms with Gasteiger partial charge in [-0.2, -0.15) is 18.4 Å². The summed E-state index contributed by atoms with van der Waals surface area (Å²) in [6, 6.07) is 10.9. The lowest BCUT2D eigenvalue weighted by atomic mass is 9.97. The molecular weight excluding hydrogens is 435 g/mol. The first-order valence-electron chi connectivity index (χ1n) is 10.3. The zero-order valence-corrected chi connectivity index (χ0v) is 18.6. The molecule has 0 spiro atoms. The highest BCUT2D eigenvalue weighted by atomic mass is 19.4. The van der Waals surface area contributed by atoms with Crippen LogP contribution in [-0.2, 0) is 9.53 Å². The number of ether oxygens (including phenoxy) is 1. The molecule has 0 aliphatic carbocycles. The minimum Gasteiger partial charge on any atom is -0.465 e. The van der Waals surface area contributed by atoms with Gasteiger partial charge in [-0.05, 0) is 41.2 Å². The van der Waals surface area contributed by atoms with Crippen LogP contribution in [0.25, 0.3) is 11.1 Å². The van der Waals surface area contributed by atoms with Crippen LogP contribution in [0.3, 0.4) is 0 Å². The van der Waals surface area contributed by atoms with Gasteiger partial charge < -0.3 is 10.1 Å². The molecule has 2 unspecified atom stereocenters. The molecule has 9 heteroatoms. The molecule has 2 rings (SSSR count). The van der Waals surface area contributed by atoms with E-state index in [9.17, 15) is 22.8 Å². The first-order valence-corrected chi connectivity index (χ1v) is 10.3. The van der Waals surface area contributed by atoms with Crippen molar-refractivity contribution in [1.82, 2.24) is 10.6 Å². The number of benzene rings is 2. The summed E-state index contributed by atoms with van der Waals surface area (Å²) < 4.78 is 46.4. The summed E-state index contributed by atoms with van der Waals surface area (Å²) in [6.45, 7) is 3.32. The Labute approximate surface area is 190 Å². The molecule has 0 saturated carbocycles. The Bertz CT molecular complexity index is 981. The fourth-order valence-corrected chi connectivity index (χ4v) is 3.34. The standard InChI is InChI=1S/C24H26F3N3O3/c1-15(2)14-20(22(31)29-13-12-28)30-21(24(25,26)27)18-8-4-16(5-9-18)17-6-10-19(11-7-17)23(32)33-3/h4-11,15,20-21,30H,13-14H2,1-3H3,(H,29,31). The Kier molecular flexibility index (Phi) is 9.00. The molecule has 0 aromatic heterocycles. The number of carbonyl (C=O) groups excluding carboxylic acids is 2. The van der Waals surface area contributed by atoms with Crippen LogP contribution in [0.5, 0.6) is 0 Å². The van der Waals surface area contributed by atoms with Gasteiger partial charge in [-0.1, -0.05) is 50.2 Å². The lowest BCUT2D eigenvalue weighted by Gasteiger charge is -2.28. The molecule has 0 saturated heterocycles. The normalized spacial score (nSPS) is 13.2. The molecule has 33 heavy (non-hydrogen) atoms. The van der Waals surface area contributed by atoms with E-state index in [0.717, 1.165) is 5.56 Å². The van der Waals surface area contributed by atoms with Crippen molar-refractivity contribution in [2.75, 3.05) is 13.7 Å². The summed E-state index contributed by atoms with van der Waals surface area (Å²) in [5, 5.41) is 13.4. The number of amides is 1. The monoisotopic (exact) mass is 461 g/mol. The molecule has 0 aliphatic heterocycles. The number of alkyl halides is 3. The molecule has 1 amide bonds. The number of rotatable bonds is 9. The fraction of sp³-hybridized carbons (Fsp3) is 0.375. The number of methoxy groups -OCH3 is 1. The van der Waals surface area contributed by atoms with E-state index in [2.05, 4.69) is 15.4 Å². The lowest BCUT2D eigenvalue weighted by molar-refractivity contribution is -0.161. The predicted molar refractivity (Wildman–Crippen MR) is 117 cm³/mol. The second kappa shape index (κ2) is 11.5. The second-order valence-electron chi connectivity index (χ2n) is 7.89. The van der Waals surface area contributed by atoms with Crippen LogP contribution >= 0.6 is 0 Å². The van der Waals surface area contributed by atoms with Crippen LogP contribution in [0.4, 0.5) is 13.2 Å². The average Bonchev–Trinajstić information content (AvgIpc) is 2.78. The molecule has 0 aliphatic rings. The van der Waals surface area contributed by atoms with Gasteiger partial charge in [-0.15, -0.1) is 0 Å². The third kappa shape index (κ3) is 7.32. The number of hydrogen-bond acceptors (Lipinski definition) is 5. The fourth-order valence-electron chi connectivity index (χ4n) is 3.34. The van der Waals surface area contributed by atoms with Crippen molar-refractivity contribution >= 4 is 11.9 Å². The summed E-state index contributed by atoms with van der Waals surface area (Å²) >= 11 is 0. The molecule has 0 heterocycles. The van der Waals surface area contributed by atoms with Gasteiger partial charge in [0.1, 0.15) is 12.6 Å². The summed E-state index contributed by atoms with van der Waals surface area (Å²) in [7, 11) is 1.28. The first-order chi connectivity index (χ1) is 15.6. The summed E-state index contributed by atoms with van der Waals surface area (Å²) in [5.41, 5.74) is 1.71. The molecule has 6 nitrogen and oxygen atoms in total. The van der Waals surface area contributed by atoms with Gasteiger partial charge in [0, 0.05) is 0 Å². The van der Waals surface area contributed by atoms with Crippen LogP contribution in [-0.4, -0.2) is 37.7 Å². The van der Waals surface area contributed by atoms with Crippen molar-refractivity contribution in [3.05, 3.63) is 59.7 Å². The highest BCUT2D eigenvalue weighted by molar-refractivity contribution is 5.90. The van der Waals surface area contributed by atoms with E-state index >= 15 is 0 Å². The maximum atomic E-state index is 13.9. The van der Waals surface area contributed by atoms with Crippen LogP contribution in [0.15, 0.2) is 48.5 Å². The Morgan fingerprint density at radius 3 is 2.03 bits per heavy atom. The molecule has 0 fully saturated rings. The van der Waals surface area contributed by atoms with Gasteiger partial charge in [0.05, 0.1) is 24.8 Å². The van der Waals surface area contributed by atoms with E-state index < -0.39 is 30.1 Å². The smallest absolute Gasteiger partial charge is 0.407 e. The summed E-state index contributed by atoms with van der Waals surface area (Å²) in [6.07, 6.45) is -4.47. The third-order valence-electron chi connectivity index (χ3n) is 4.94. The number of hydrogen-bond donors (Lipinski definition) is 2. The number of esters is 1. The molecule has 2 N–H and O–H groups in total. The van der Waals surface area contributed by atoms with E-state index in [0.29, 0.717) is 11.1 Å². The Balaban J connectivity index is 2.28. The number of nitrogens with zero attached hydrogens (tertiary/aromatic N) is 1. The van der Waals surface area contributed by atoms with Gasteiger partial charge >= 0.3 is 12.1 Å². The number of nitrogens with one attached hydrogen (secondary N) is 2. The van der Waals surface area contributed by atoms with Crippen molar-refractivity contribution in [3.8, 4) is 17.2 Å². The third-order valence-corrected chi connectivity index (χ3v) is 4.94. The maximum absolute atomic E-state index is 13.9. The van der Waals surface area contributed by atoms with Crippen LogP contribution in [0, 0.1) is 17.2 Å². The van der Waals surface area contributed by atoms with Crippen LogP contribution in [0.1, 0.15) is 42.2 Å². The van der Waals surface area contributed by atoms with Crippen molar-refractivity contribution in [1.29, 1.82) is 5.26 Å². The SMILES string of the molecule is COC(=O)c1ccc(-c2ccc(C(NC(CC(C)C)C(=O)NCC#N)C(F)(F)F)cc2)cc1. The van der Waals surface area contributed by atoms with Gasteiger partial charge in [-0.3, -0.25) is 10.1 Å². The first kappa shape index (κ1) is 25.9. The van der Waals surface area contributed by atoms with Gasteiger partial charge in [0.25, 0.3) is 0 Å². The van der Waals surface area contributed by atoms with E-state index in [4.69, 9.17) is 5.26 Å². The molecule has 2 aromatic carbocycles. The topological polar surface area (TPSA) is 91.2 Å². The molecule has 176 valence electrons. The minimum absolute atomic E-state index is 0.0421. The van der Waals surface area contributed by atoms with Gasteiger partial charge in [-0.25, -0.2) is 4.79 Å². The van der Waals surface area contributed by atoms with Crippen molar-refractivity contribution < 1.29 is 27.5 Å². The molecular formula is C24H26F3N3O3. The second-order valence-corrected chi connectivity index (χ2v) is 7.89. The number of nitriles is 1. The lowest BCUT2D eigenvalue weighted by Crippen LogP contribution is -2.49. The zero-order valence-electron chi connectivity index (χ0n) is 18.6. The maximum Gasteiger partial charge on any atom is 0.407 e. The van der Waals surface area contributed by atoms with E-state index in [1.807, 2.05) is 0 Å². The Morgan fingerprint density at radius 1 is 1.03 bits per heavy atom. The molecule has 0 bridgehead atoms. The van der Waals surface area contributed by atoms with Gasteiger partial charge in [0.15, 0.2) is 0 Å². The van der Waals surface area contributed by atoms with Gasteiger partial charge in [0.2, 0.25) is 5.91 Å². The Hall–Kier alpha value is -3.38. The molecule has 0 radical (unpaired) electrons. The predicted octanol–water partition coefficient (Wildman–Crippen LogP) is 4.39. The van der Waals surface area contributed by atoms with Crippen LogP contribution < -0.4 is 10.6 Å². The Morgan fingerprint density at radius 2 is 1.58 bits per heavy atom. The van der Waals surface area contributed by atoms with Crippen molar-refractivity contribution in [3.63, 3.8) is 0 Å². The largest absolute Gasteiger partial charge is 0.465 e. The van der Waals surface area contributed by atoms with Crippen molar-refractivity contribution in [2.45, 2.75) is 38.5 Å². The van der Waals surface area contributed by atoms with Crippen molar-refractivity contribution in [2.24, 2.45) is 5.92 Å². The number of carbonyl (C=O) groups is 2. The quantitative estimate of drug-likeness (QED) is 0.427. The van der Waals surface area contributed by atoms with E-state index in [1.54, 1.807) is 56.3 Å². The minimum atomic E-state index is -4.64.